The van der Waals surface area contributed by atoms with E-state index in [1.807, 2.05) is 17.8 Å². The Bertz CT molecular complexity index is 544. The Morgan fingerprint density at radius 1 is 1.39 bits per heavy atom. The van der Waals surface area contributed by atoms with Crippen LogP contribution in [-0.2, 0) is 13.6 Å². The van der Waals surface area contributed by atoms with Crippen molar-refractivity contribution in [2.45, 2.75) is 6.54 Å². The first-order chi connectivity index (χ1) is 8.58. The standard InChI is InChI=1S/C13H16N4O/c1-16-8-7-15-12(16)9-17(2)13(18)10-3-5-11(14)6-4-10/h3-8H,9,14H2,1-2H3. The van der Waals surface area contributed by atoms with Crippen molar-refractivity contribution in [1.82, 2.24) is 14.5 Å². The molecular weight excluding hydrogens is 228 g/mol. The Morgan fingerprint density at radius 2 is 2.06 bits per heavy atom. The molecule has 2 aromatic rings. The fourth-order valence-electron chi connectivity index (χ4n) is 1.68. The number of nitrogen functional groups attached to an aromatic ring is 1. The molecule has 0 aliphatic heterocycles. The SMILES string of the molecule is CN(Cc1nccn1C)C(=O)c1ccc(N)cc1. The maximum atomic E-state index is 12.1. The Kier molecular flexibility index (Phi) is 3.32. The van der Waals surface area contributed by atoms with E-state index in [9.17, 15) is 4.79 Å². The van der Waals surface area contributed by atoms with Crippen molar-refractivity contribution in [2.75, 3.05) is 12.8 Å². The molecule has 1 aromatic carbocycles. The third-order valence-corrected chi connectivity index (χ3v) is 2.80. The number of benzene rings is 1. The van der Waals surface area contributed by atoms with E-state index in [2.05, 4.69) is 4.98 Å². The molecular formula is C13H16N4O. The van der Waals surface area contributed by atoms with Crippen molar-refractivity contribution in [3.05, 3.63) is 48.0 Å². The topological polar surface area (TPSA) is 64.2 Å². The predicted molar refractivity (Wildman–Crippen MR) is 69.9 cm³/mol. The number of aromatic nitrogens is 2. The molecule has 5 heteroatoms. The monoisotopic (exact) mass is 244 g/mol. The van der Waals surface area contributed by atoms with E-state index in [1.54, 1.807) is 42.4 Å². The van der Waals surface area contributed by atoms with Gasteiger partial charge < -0.3 is 15.2 Å². The van der Waals surface area contributed by atoms with E-state index in [4.69, 9.17) is 5.73 Å². The largest absolute Gasteiger partial charge is 0.399 e. The summed E-state index contributed by atoms with van der Waals surface area (Å²) in [5.41, 5.74) is 6.87. The van der Waals surface area contributed by atoms with Crippen molar-refractivity contribution in [3.8, 4) is 0 Å². The van der Waals surface area contributed by atoms with Crippen LogP contribution in [0.2, 0.25) is 0 Å². The lowest BCUT2D eigenvalue weighted by atomic mass is 10.2. The minimum Gasteiger partial charge on any atom is -0.399 e. The fourth-order valence-corrected chi connectivity index (χ4v) is 1.68. The number of hydrogen-bond acceptors (Lipinski definition) is 3. The molecule has 0 saturated carbocycles. The van der Waals surface area contributed by atoms with Crippen LogP contribution >= 0.6 is 0 Å². The lowest BCUT2D eigenvalue weighted by Crippen LogP contribution is -2.27. The van der Waals surface area contributed by atoms with Gasteiger partial charge in [-0.3, -0.25) is 4.79 Å². The maximum absolute atomic E-state index is 12.1. The van der Waals surface area contributed by atoms with Crippen LogP contribution < -0.4 is 5.73 Å². The second kappa shape index (κ2) is 4.91. The quantitative estimate of drug-likeness (QED) is 0.827. The van der Waals surface area contributed by atoms with E-state index in [-0.39, 0.29) is 5.91 Å². The van der Waals surface area contributed by atoms with Crippen molar-refractivity contribution in [2.24, 2.45) is 7.05 Å². The number of imidazole rings is 1. The summed E-state index contributed by atoms with van der Waals surface area (Å²) in [4.78, 5) is 18.0. The zero-order chi connectivity index (χ0) is 13.1. The van der Waals surface area contributed by atoms with Crippen LogP contribution in [0.15, 0.2) is 36.7 Å². The molecule has 0 aliphatic rings. The van der Waals surface area contributed by atoms with Crippen molar-refractivity contribution in [3.63, 3.8) is 0 Å². The number of carbonyl (C=O) groups is 1. The molecule has 0 unspecified atom stereocenters. The van der Waals surface area contributed by atoms with Gasteiger partial charge in [-0.2, -0.15) is 0 Å². The van der Waals surface area contributed by atoms with Crippen LogP contribution in [0.5, 0.6) is 0 Å². The summed E-state index contributed by atoms with van der Waals surface area (Å²) in [5.74, 6) is 0.805. The third kappa shape index (κ3) is 2.51. The first kappa shape index (κ1) is 12.2. The first-order valence-electron chi connectivity index (χ1n) is 5.65. The van der Waals surface area contributed by atoms with Crippen molar-refractivity contribution < 1.29 is 4.79 Å². The molecule has 1 amide bonds. The smallest absolute Gasteiger partial charge is 0.254 e. The second-order valence-corrected chi connectivity index (χ2v) is 4.24. The maximum Gasteiger partial charge on any atom is 0.254 e. The molecule has 0 spiro atoms. The predicted octanol–water partition coefficient (Wildman–Crippen LogP) is 1.27. The van der Waals surface area contributed by atoms with Gasteiger partial charge in [0.2, 0.25) is 0 Å². The molecule has 5 nitrogen and oxygen atoms in total. The van der Waals surface area contributed by atoms with Gasteiger partial charge in [-0.15, -0.1) is 0 Å². The van der Waals surface area contributed by atoms with E-state index in [0.29, 0.717) is 17.8 Å². The summed E-state index contributed by atoms with van der Waals surface area (Å²) >= 11 is 0. The number of aryl methyl sites for hydroxylation is 1. The highest BCUT2D eigenvalue weighted by Gasteiger charge is 2.13. The zero-order valence-electron chi connectivity index (χ0n) is 10.5. The van der Waals surface area contributed by atoms with Gasteiger partial charge in [0.25, 0.3) is 5.91 Å². The van der Waals surface area contributed by atoms with Gasteiger partial charge in [-0.1, -0.05) is 0 Å². The lowest BCUT2D eigenvalue weighted by Gasteiger charge is -2.17. The molecule has 0 saturated heterocycles. The average molecular weight is 244 g/mol. The molecule has 1 heterocycles. The first-order valence-corrected chi connectivity index (χ1v) is 5.65. The normalized spacial score (nSPS) is 10.3. The van der Waals surface area contributed by atoms with Crippen molar-refractivity contribution in [1.29, 1.82) is 0 Å². The molecule has 94 valence electrons. The van der Waals surface area contributed by atoms with Gasteiger partial charge in [0, 0.05) is 37.7 Å². The van der Waals surface area contributed by atoms with Crippen LogP contribution in [0.1, 0.15) is 16.2 Å². The highest BCUT2D eigenvalue weighted by molar-refractivity contribution is 5.94. The number of hydrogen-bond donors (Lipinski definition) is 1. The molecule has 0 radical (unpaired) electrons. The average Bonchev–Trinajstić information content (AvgIpc) is 2.75. The van der Waals surface area contributed by atoms with Gasteiger partial charge in [-0.25, -0.2) is 4.98 Å². The zero-order valence-corrected chi connectivity index (χ0v) is 10.5. The highest BCUT2D eigenvalue weighted by Crippen LogP contribution is 2.09. The molecule has 18 heavy (non-hydrogen) atoms. The number of nitrogens with two attached hydrogens (primary N) is 1. The van der Waals surface area contributed by atoms with E-state index < -0.39 is 0 Å². The summed E-state index contributed by atoms with van der Waals surface area (Å²) in [7, 11) is 3.66. The van der Waals surface area contributed by atoms with Crippen LogP contribution in [0.4, 0.5) is 5.69 Å². The molecule has 2 rings (SSSR count). The molecule has 1 aromatic heterocycles. The molecule has 0 atom stereocenters. The van der Waals surface area contributed by atoms with E-state index in [1.165, 1.54) is 0 Å². The number of rotatable bonds is 3. The van der Waals surface area contributed by atoms with Crippen LogP contribution in [0, 0.1) is 0 Å². The summed E-state index contributed by atoms with van der Waals surface area (Å²) < 4.78 is 1.90. The van der Waals surface area contributed by atoms with Gasteiger partial charge in [-0.05, 0) is 24.3 Å². The summed E-state index contributed by atoms with van der Waals surface area (Å²) in [6, 6.07) is 6.91. The minimum atomic E-state index is -0.0435. The van der Waals surface area contributed by atoms with Gasteiger partial charge >= 0.3 is 0 Å². The van der Waals surface area contributed by atoms with Gasteiger partial charge in [0.05, 0.1) is 6.54 Å². The van der Waals surface area contributed by atoms with Crippen LogP contribution in [-0.4, -0.2) is 27.4 Å². The minimum absolute atomic E-state index is 0.0435. The van der Waals surface area contributed by atoms with Gasteiger partial charge in [0.15, 0.2) is 0 Å². The van der Waals surface area contributed by atoms with Crippen molar-refractivity contribution >= 4 is 11.6 Å². The fraction of sp³-hybridized carbons (Fsp3) is 0.231. The Hall–Kier alpha value is -2.30. The Balaban J connectivity index is 2.09. The number of anilines is 1. The third-order valence-electron chi connectivity index (χ3n) is 2.80. The number of nitrogens with zero attached hydrogens (tertiary/aromatic N) is 3. The summed E-state index contributed by atoms with van der Waals surface area (Å²) in [6.45, 7) is 0.479. The molecule has 0 fully saturated rings. The van der Waals surface area contributed by atoms with E-state index >= 15 is 0 Å². The van der Waals surface area contributed by atoms with Crippen LogP contribution in [0.25, 0.3) is 0 Å². The number of carbonyl (C=O) groups excluding carboxylic acids is 1. The van der Waals surface area contributed by atoms with Crippen LogP contribution in [0.3, 0.4) is 0 Å². The summed E-state index contributed by atoms with van der Waals surface area (Å²) in [6.07, 6.45) is 3.58. The molecule has 2 N–H and O–H groups in total. The van der Waals surface area contributed by atoms with E-state index in [0.717, 1.165) is 5.82 Å². The molecule has 0 bridgehead atoms. The Morgan fingerprint density at radius 3 is 2.61 bits per heavy atom. The summed E-state index contributed by atoms with van der Waals surface area (Å²) in [5, 5.41) is 0. The second-order valence-electron chi connectivity index (χ2n) is 4.24. The Labute approximate surface area is 106 Å². The van der Waals surface area contributed by atoms with Gasteiger partial charge in [0.1, 0.15) is 5.82 Å². The highest BCUT2D eigenvalue weighted by atomic mass is 16.2. The molecule has 0 aliphatic carbocycles. The lowest BCUT2D eigenvalue weighted by molar-refractivity contribution is 0.0780. The number of amides is 1.